The van der Waals surface area contributed by atoms with Gasteiger partial charge in [-0.25, -0.2) is 0 Å². The zero-order chi connectivity index (χ0) is 10.2. The molecule has 0 aromatic rings. The van der Waals surface area contributed by atoms with Gasteiger partial charge in [-0.3, -0.25) is 4.79 Å². The first-order chi connectivity index (χ1) is 6.84. The monoisotopic (exact) mass is 208 g/mol. The maximum Gasteiger partial charge on any atom is 0.185 e. The van der Waals surface area contributed by atoms with Crippen molar-refractivity contribution < 1.29 is 4.79 Å². The molecule has 0 amide bonds. The molecule has 0 atom stereocenters. The van der Waals surface area contributed by atoms with Crippen molar-refractivity contribution >= 4 is 17.4 Å². The van der Waals surface area contributed by atoms with Crippen LogP contribution in [0.3, 0.4) is 0 Å². The molecule has 74 valence electrons. The highest BCUT2D eigenvalue weighted by Gasteiger charge is 2.01. The number of alkyl halides is 1. The van der Waals surface area contributed by atoms with Crippen molar-refractivity contribution in [2.45, 2.75) is 12.8 Å². The van der Waals surface area contributed by atoms with Gasteiger partial charge < -0.3 is 0 Å². The van der Waals surface area contributed by atoms with Gasteiger partial charge in [0.15, 0.2) is 5.78 Å². The van der Waals surface area contributed by atoms with E-state index in [4.69, 9.17) is 11.6 Å². The van der Waals surface area contributed by atoms with Gasteiger partial charge in [-0.2, -0.15) is 0 Å². The Bertz CT molecular complexity index is 308. The predicted molar refractivity (Wildman–Crippen MR) is 60.5 cm³/mol. The number of carbonyl (C=O) groups excluding carboxylic acids is 1. The van der Waals surface area contributed by atoms with Crippen molar-refractivity contribution in [3.05, 3.63) is 48.1 Å². The lowest BCUT2D eigenvalue weighted by Gasteiger charge is -1.98. The number of ketones is 1. The van der Waals surface area contributed by atoms with E-state index in [-0.39, 0.29) is 5.78 Å². The highest BCUT2D eigenvalue weighted by molar-refractivity contribution is 6.19. The molecule has 0 N–H and O–H groups in total. The molecule has 1 nitrogen and oxygen atoms in total. The Morgan fingerprint density at radius 3 is 3.07 bits per heavy atom. The number of hydrogen-bond acceptors (Lipinski definition) is 1. The zero-order valence-corrected chi connectivity index (χ0v) is 8.70. The summed E-state index contributed by atoms with van der Waals surface area (Å²) in [6, 6.07) is 0. The van der Waals surface area contributed by atoms with Gasteiger partial charge in [-0.1, -0.05) is 36.5 Å². The first-order valence-electron chi connectivity index (χ1n) is 4.65. The van der Waals surface area contributed by atoms with Crippen molar-refractivity contribution in [2.75, 3.05) is 5.88 Å². The molecule has 1 aliphatic rings. The van der Waals surface area contributed by atoms with Crippen LogP contribution in [0.4, 0.5) is 0 Å². The molecule has 14 heavy (non-hydrogen) atoms. The maximum absolute atomic E-state index is 11.5. The molecule has 0 spiro atoms. The number of carbonyl (C=O) groups is 1. The molecule has 0 radical (unpaired) electrons. The summed E-state index contributed by atoms with van der Waals surface area (Å²) in [7, 11) is 0. The minimum Gasteiger partial charge on any atom is -0.289 e. The quantitative estimate of drug-likeness (QED) is 0.514. The van der Waals surface area contributed by atoms with Crippen molar-refractivity contribution in [1.82, 2.24) is 0 Å². The summed E-state index contributed by atoms with van der Waals surface area (Å²) in [4.78, 5) is 11.5. The average Bonchev–Trinajstić information content (AvgIpc) is 2.13. The molecule has 0 aromatic carbocycles. The SMILES string of the molecule is O=C(/C=C/CCl)C1=C/CC\C=C/C=C\1. The van der Waals surface area contributed by atoms with Crippen molar-refractivity contribution in [2.24, 2.45) is 0 Å². The third-order valence-electron chi connectivity index (χ3n) is 1.86. The van der Waals surface area contributed by atoms with Gasteiger partial charge in [-0.05, 0) is 18.9 Å². The molecule has 0 bridgehead atoms. The Balaban J connectivity index is 2.70. The Hall–Kier alpha value is -1.08. The molecule has 0 heterocycles. The molecule has 0 saturated heterocycles. The van der Waals surface area contributed by atoms with Crippen LogP contribution in [0.2, 0.25) is 0 Å². The molecule has 0 aliphatic heterocycles. The summed E-state index contributed by atoms with van der Waals surface area (Å²) >= 11 is 5.46. The second kappa shape index (κ2) is 6.39. The van der Waals surface area contributed by atoms with E-state index in [9.17, 15) is 4.79 Å². The van der Waals surface area contributed by atoms with Crippen LogP contribution in [-0.4, -0.2) is 11.7 Å². The van der Waals surface area contributed by atoms with Crippen molar-refractivity contribution in [1.29, 1.82) is 0 Å². The lowest BCUT2D eigenvalue weighted by atomic mass is 10.1. The van der Waals surface area contributed by atoms with E-state index in [1.165, 1.54) is 6.08 Å². The van der Waals surface area contributed by atoms with Crippen LogP contribution in [0.25, 0.3) is 0 Å². The molecular formula is C12H13ClO. The first kappa shape index (κ1) is 11.0. The van der Waals surface area contributed by atoms with Crippen LogP contribution in [0.5, 0.6) is 0 Å². The van der Waals surface area contributed by atoms with E-state index in [0.29, 0.717) is 5.88 Å². The number of rotatable bonds is 3. The summed E-state index contributed by atoms with van der Waals surface area (Å²) in [6.07, 6.45) is 14.8. The van der Waals surface area contributed by atoms with Gasteiger partial charge in [0, 0.05) is 11.5 Å². The van der Waals surface area contributed by atoms with Gasteiger partial charge in [0.1, 0.15) is 0 Å². The van der Waals surface area contributed by atoms with Crippen LogP contribution < -0.4 is 0 Å². The molecular weight excluding hydrogens is 196 g/mol. The Morgan fingerprint density at radius 2 is 2.29 bits per heavy atom. The fraction of sp³-hybridized carbons (Fsp3) is 0.250. The van der Waals surface area contributed by atoms with E-state index < -0.39 is 0 Å². The maximum atomic E-state index is 11.5. The highest BCUT2D eigenvalue weighted by Crippen LogP contribution is 2.07. The summed E-state index contributed by atoms with van der Waals surface area (Å²) < 4.78 is 0. The van der Waals surface area contributed by atoms with Gasteiger partial charge in [-0.15, -0.1) is 11.6 Å². The predicted octanol–water partition coefficient (Wildman–Crippen LogP) is 3.18. The second-order valence-corrected chi connectivity index (χ2v) is 3.25. The normalized spacial score (nSPS) is 24.8. The third kappa shape index (κ3) is 3.75. The number of halogens is 1. The van der Waals surface area contributed by atoms with Crippen molar-refractivity contribution in [3.8, 4) is 0 Å². The number of allylic oxidation sites excluding steroid dienone is 8. The fourth-order valence-electron chi connectivity index (χ4n) is 1.17. The standard InChI is InChI=1S/C12H13ClO/c13-10-6-9-12(14)11-7-4-2-1-3-5-8-11/h1-2,4,6-9H,3,5,10H2/b2-1-,7-4-,9-6+,11-8+. The molecule has 2 heteroatoms. The topological polar surface area (TPSA) is 17.1 Å². The van der Waals surface area contributed by atoms with E-state index in [1.807, 2.05) is 24.3 Å². The van der Waals surface area contributed by atoms with Crippen LogP contribution in [0.15, 0.2) is 48.1 Å². The van der Waals surface area contributed by atoms with E-state index >= 15 is 0 Å². The van der Waals surface area contributed by atoms with Crippen LogP contribution in [0.1, 0.15) is 12.8 Å². The minimum atomic E-state index is 0.0252. The Morgan fingerprint density at radius 1 is 1.43 bits per heavy atom. The molecule has 1 rings (SSSR count). The van der Waals surface area contributed by atoms with Gasteiger partial charge >= 0.3 is 0 Å². The summed E-state index contributed by atoms with van der Waals surface area (Å²) in [5.74, 6) is 0.403. The molecule has 0 saturated carbocycles. The smallest absolute Gasteiger partial charge is 0.185 e. The molecule has 1 aliphatic carbocycles. The van der Waals surface area contributed by atoms with Gasteiger partial charge in [0.05, 0.1) is 0 Å². The summed E-state index contributed by atoms with van der Waals surface area (Å²) in [5, 5.41) is 0. The Labute approximate surface area is 89.5 Å². The molecule has 0 aromatic heterocycles. The Kier molecular flexibility index (Phi) is 5.02. The lowest BCUT2D eigenvalue weighted by Crippen LogP contribution is -1.96. The van der Waals surface area contributed by atoms with E-state index in [2.05, 4.69) is 6.08 Å². The molecule has 0 fully saturated rings. The second-order valence-electron chi connectivity index (χ2n) is 2.95. The first-order valence-corrected chi connectivity index (χ1v) is 5.18. The lowest BCUT2D eigenvalue weighted by molar-refractivity contribution is -0.111. The number of hydrogen-bond donors (Lipinski definition) is 0. The minimum absolute atomic E-state index is 0.0252. The van der Waals surface area contributed by atoms with Crippen molar-refractivity contribution in [3.63, 3.8) is 0 Å². The molecule has 0 unspecified atom stereocenters. The van der Waals surface area contributed by atoms with Gasteiger partial charge in [0.25, 0.3) is 0 Å². The van der Waals surface area contributed by atoms with Crippen LogP contribution >= 0.6 is 11.6 Å². The third-order valence-corrected chi connectivity index (χ3v) is 2.04. The van der Waals surface area contributed by atoms with Crippen LogP contribution in [0, 0.1) is 0 Å². The summed E-state index contributed by atoms with van der Waals surface area (Å²) in [5.41, 5.74) is 0.746. The fourth-order valence-corrected chi connectivity index (χ4v) is 1.26. The van der Waals surface area contributed by atoms with Gasteiger partial charge in [0.2, 0.25) is 0 Å². The zero-order valence-electron chi connectivity index (χ0n) is 7.95. The van der Waals surface area contributed by atoms with E-state index in [0.717, 1.165) is 18.4 Å². The largest absolute Gasteiger partial charge is 0.289 e. The average molecular weight is 209 g/mol. The highest BCUT2D eigenvalue weighted by atomic mass is 35.5. The summed E-state index contributed by atoms with van der Waals surface area (Å²) in [6.45, 7) is 0. The van der Waals surface area contributed by atoms with Crippen LogP contribution in [-0.2, 0) is 4.79 Å². The van der Waals surface area contributed by atoms with E-state index in [1.54, 1.807) is 6.08 Å².